The van der Waals surface area contributed by atoms with Crippen molar-refractivity contribution in [1.29, 1.82) is 0 Å². The van der Waals surface area contributed by atoms with Crippen LogP contribution in [0.5, 0.6) is 0 Å². The van der Waals surface area contributed by atoms with E-state index in [0.717, 1.165) is 23.8 Å². The van der Waals surface area contributed by atoms with Gasteiger partial charge in [-0.15, -0.1) is 0 Å². The highest BCUT2D eigenvalue weighted by Crippen LogP contribution is 2.33. The first-order valence-electron chi connectivity index (χ1n) is 8.06. The van der Waals surface area contributed by atoms with Crippen molar-refractivity contribution in [3.05, 3.63) is 35.1 Å². The lowest BCUT2D eigenvalue weighted by Crippen LogP contribution is -2.37. The summed E-state index contributed by atoms with van der Waals surface area (Å²) in [6.45, 7) is 4.38. The molecule has 0 aliphatic heterocycles. The number of hydrogen-bond acceptors (Lipinski definition) is 1. The third-order valence-corrected chi connectivity index (χ3v) is 5.16. The van der Waals surface area contributed by atoms with Crippen LogP contribution in [0.3, 0.4) is 0 Å². The Bertz CT molecular complexity index is 421. The Morgan fingerprint density at radius 2 is 1.95 bits per heavy atom. The van der Waals surface area contributed by atoms with Crippen LogP contribution in [0.15, 0.2) is 18.2 Å². The molecule has 0 radical (unpaired) electrons. The van der Waals surface area contributed by atoms with Gasteiger partial charge in [0.15, 0.2) is 0 Å². The molecule has 1 aliphatic rings. The van der Waals surface area contributed by atoms with Crippen molar-refractivity contribution in [2.45, 2.75) is 58.4 Å². The summed E-state index contributed by atoms with van der Waals surface area (Å²) in [5.41, 5.74) is 2.36. The second-order valence-corrected chi connectivity index (χ2v) is 6.36. The first-order valence-corrected chi connectivity index (χ1v) is 8.06. The van der Waals surface area contributed by atoms with E-state index in [9.17, 15) is 4.39 Å². The summed E-state index contributed by atoms with van der Waals surface area (Å²) in [5.74, 6) is 1.56. The van der Waals surface area contributed by atoms with Gasteiger partial charge in [-0.3, -0.25) is 0 Å². The van der Waals surface area contributed by atoms with Gasteiger partial charge in [0.1, 0.15) is 5.82 Å². The predicted molar refractivity (Wildman–Crippen MR) is 83.4 cm³/mol. The van der Waals surface area contributed by atoms with E-state index in [2.05, 4.69) is 19.2 Å². The molecule has 1 nitrogen and oxygen atoms in total. The van der Waals surface area contributed by atoms with Gasteiger partial charge in [-0.05, 0) is 68.3 Å². The fraction of sp³-hybridized carbons (Fsp3) is 0.667. The van der Waals surface area contributed by atoms with Crippen molar-refractivity contribution in [1.82, 2.24) is 5.32 Å². The molecular formula is C18H28FN. The molecule has 2 heteroatoms. The minimum Gasteiger partial charge on any atom is -0.316 e. The number of likely N-dealkylation sites (N-methyl/N-ethyl adjacent to an activating group) is 1. The van der Waals surface area contributed by atoms with Crippen molar-refractivity contribution >= 4 is 0 Å². The molecule has 0 heterocycles. The number of aryl methyl sites for hydroxylation is 1. The Kier molecular flexibility index (Phi) is 5.59. The molecule has 0 bridgehead atoms. The molecule has 0 aromatic heterocycles. The molecule has 1 N–H and O–H groups in total. The second kappa shape index (κ2) is 7.21. The van der Waals surface area contributed by atoms with E-state index in [1.165, 1.54) is 37.7 Å². The summed E-state index contributed by atoms with van der Waals surface area (Å²) < 4.78 is 13.4. The summed E-state index contributed by atoms with van der Waals surface area (Å²) >= 11 is 0. The van der Waals surface area contributed by atoms with Crippen LogP contribution < -0.4 is 5.32 Å². The number of nitrogens with one attached hydrogen (secondary N) is 1. The SMILES string of the molecule is CCC1CCC(C(Cc2cc(F)ccc2C)NC)CC1. The molecule has 1 fully saturated rings. The lowest BCUT2D eigenvalue weighted by molar-refractivity contribution is 0.222. The third-order valence-electron chi connectivity index (χ3n) is 5.16. The quantitative estimate of drug-likeness (QED) is 0.836. The minimum absolute atomic E-state index is 0.116. The molecule has 1 atom stereocenters. The molecule has 1 aromatic carbocycles. The smallest absolute Gasteiger partial charge is 0.123 e. The second-order valence-electron chi connectivity index (χ2n) is 6.36. The Balaban J connectivity index is 2.00. The monoisotopic (exact) mass is 277 g/mol. The van der Waals surface area contributed by atoms with Crippen LogP contribution in [0.4, 0.5) is 4.39 Å². The molecule has 0 saturated heterocycles. The zero-order chi connectivity index (χ0) is 14.5. The summed E-state index contributed by atoms with van der Waals surface area (Å²) in [5, 5.41) is 3.48. The van der Waals surface area contributed by atoms with Gasteiger partial charge < -0.3 is 5.32 Å². The maximum absolute atomic E-state index is 13.4. The molecule has 112 valence electrons. The molecular weight excluding hydrogens is 249 g/mol. The van der Waals surface area contributed by atoms with Gasteiger partial charge in [-0.25, -0.2) is 4.39 Å². The van der Waals surface area contributed by atoms with Gasteiger partial charge in [0.05, 0.1) is 0 Å². The molecule has 2 rings (SSSR count). The Morgan fingerprint density at radius 1 is 1.25 bits per heavy atom. The van der Waals surface area contributed by atoms with Crippen LogP contribution in [-0.2, 0) is 6.42 Å². The molecule has 1 saturated carbocycles. The maximum Gasteiger partial charge on any atom is 0.123 e. The van der Waals surface area contributed by atoms with E-state index in [1.54, 1.807) is 12.1 Å². The highest BCUT2D eigenvalue weighted by atomic mass is 19.1. The van der Waals surface area contributed by atoms with E-state index in [0.29, 0.717) is 6.04 Å². The first kappa shape index (κ1) is 15.5. The maximum atomic E-state index is 13.4. The summed E-state index contributed by atoms with van der Waals surface area (Å²) in [4.78, 5) is 0. The average Bonchev–Trinajstić information content (AvgIpc) is 2.48. The van der Waals surface area contributed by atoms with Crippen LogP contribution in [-0.4, -0.2) is 13.1 Å². The van der Waals surface area contributed by atoms with Crippen molar-refractivity contribution in [2.75, 3.05) is 7.05 Å². The molecule has 20 heavy (non-hydrogen) atoms. The van der Waals surface area contributed by atoms with Gasteiger partial charge in [0.25, 0.3) is 0 Å². The van der Waals surface area contributed by atoms with Gasteiger partial charge >= 0.3 is 0 Å². The fourth-order valence-electron chi connectivity index (χ4n) is 3.60. The molecule has 0 amide bonds. The largest absolute Gasteiger partial charge is 0.316 e. The summed E-state index contributed by atoms with van der Waals surface area (Å²) in [7, 11) is 2.05. The standard InChI is InChI=1S/C18H28FN/c1-4-14-6-8-15(9-7-14)18(20-3)12-16-11-17(19)10-5-13(16)2/h5,10-11,14-15,18,20H,4,6-9,12H2,1-3H3. The van der Waals surface area contributed by atoms with E-state index < -0.39 is 0 Å². The third kappa shape index (κ3) is 3.82. The van der Waals surface area contributed by atoms with Gasteiger partial charge in [0.2, 0.25) is 0 Å². The number of hydrogen-bond donors (Lipinski definition) is 1. The van der Waals surface area contributed by atoms with E-state index in [4.69, 9.17) is 0 Å². The highest BCUT2D eigenvalue weighted by molar-refractivity contribution is 5.27. The topological polar surface area (TPSA) is 12.0 Å². The van der Waals surface area contributed by atoms with Crippen LogP contribution in [0.1, 0.15) is 50.2 Å². The van der Waals surface area contributed by atoms with E-state index in [-0.39, 0.29) is 5.82 Å². The van der Waals surface area contributed by atoms with Gasteiger partial charge in [-0.1, -0.05) is 32.3 Å². The van der Waals surface area contributed by atoms with E-state index in [1.807, 2.05) is 13.1 Å². The Labute approximate surface area is 123 Å². The number of halogens is 1. The van der Waals surface area contributed by atoms with E-state index >= 15 is 0 Å². The molecule has 0 spiro atoms. The lowest BCUT2D eigenvalue weighted by Gasteiger charge is -2.34. The van der Waals surface area contributed by atoms with Crippen molar-refractivity contribution in [2.24, 2.45) is 11.8 Å². The van der Waals surface area contributed by atoms with Crippen LogP contribution in [0.2, 0.25) is 0 Å². The zero-order valence-corrected chi connectivity index (χ0v) is 13.1. The van der Waals surface area contributed by atoms with Crippen molar-refractivity contribution in [3.8, 4) is 0 Å². The molecule has 1 aliphatic carbocycles. The summed E-state index contributed by atoms with van der Waals surface area (Å²) in [6, 6.07) is 5.64. The number of benzene rings is 1. The van der Waals surface area contributed by atoms with Crippen LogP contribution in [0, 0.1) is 24.6 Å². The Morgan fingerprint density at radius 3 is 2.55 bits per heavy atom. The molecule has 1 aromatic rings. The van der Waals surface area contributed by atoms with Gasteiger partial charge in [-0.2, -0.15) is 0 Å². The Hall–Kier alpha value is -0.890. The average molecular weight is 277 g/mol. The van der Waals surface area contributed by atoms with Crippen LogP contribution >= 0.6 is 0 Å². The normalized spacial score (nSPS) is 24.6. The summed E-state index contributed by atoms with van der Waals surface area (Å²) in [6.07, 6.45) is 7.63. The fourth-order valence-corrected chi connectivity index (χ4v) is 3.60. The molecule has 1 unspecified atom stereocenters. The lowest BCUT2D eigenvalue weighted by atomic mass is 9.76. The minimum atomic E-state index is -0.116. The highest BCUT2D eigenvalue weighted by Gasteiger charge is 2.26. The predicted octanol–water partition coefficient (Wildman–Crippen LogP) is 4.48. The number of rotatable bonds is 5. The van der Waals surface area contributed by atoms with Crippen LogP contribution in [0.25, 0.3) is 0 Å². The van der Waals surface area contributed by atoms with Crippen molar-refractivity contribution < 1.29 is 4.39 Å². The van der Waals surface area contributed by atoms with Gasteiger partial charge in [0, 0.05) is 6.04 Å². The van der Waals surface area contributed by atoms with Crippen molar-refractivity contribution in [3.63, 3.8) is 0 Å². The zero-order valence-electron chi connectivity index (χ0n) is 13.1. The first-order chi connectivity index (χ1) is 9.63.